The second-order valence-electron chi connectivity index (χ2n) is 5.82. The molecule has 2 rings (SSSR count). The van der Waals surface area contributed by atoms with Gasteiger partial charge in [0.15, 0.2) is 0 Å². The standard InChI is InChI=1S/C16H27N3O/c1-18(12-15-5-4-8-19(15)2)11-13-6-7-16(20-3)14(9-13)10-17/h6-7,9,15H,4-5,8,10-12,17H2,1-3H3. The number of likely N-dealkylation sites (N-methyl/N-ethyl adjacent to an activating group) is 2. The maximum absolute atomic E-state index is 5.78. The molecule has 0 amide bonds. The van der Waals surface area contributed by atoms with Gasteiger partial charge in [-0.25, -0.2) is 0 Å². The summed E-state index contributed by atoms with van der Waals surface area (Å²) in [6.07, 6.45) is 2.65. The number of benzene rings is 1. The Morgan fingerprint density at radius 1 is 1.45 bits per heavy atom. The molecule has 4 heteroatoms. The van der Waals surface area contributed by atoms with E-state index in [1.807, 2.05) is 6.07 Å². The molecule has 1 aromatic carbocycles. The Labute approximate surface area is 122 Å². The third-order valence-electron chi connectivity index (χ3n) is 4.21. The molecule has 4 nitrogen and oxygen atoms in total. The fourth-order valence-corrected chi connectivity index (χ4v) is 3.04. The molecular formula is C16H27N3O. The van der Waals surface area contributed by atoms with E-state index in [1.165, 1.54) is 24.9 Å². The van der Waals surface area contributed by atoms with Crippen LogP contribution in [0.15, 0.2) is 18.2 Å². The SMILES string of the molecule is COc1ccc(CN(C)CC2CCCN2C)cc1CN. The van der Waals surface area contributed by atoms with Crippen molar-refractivity contribution in [1.82, 2.24) is 9.80 Å². The Morgan fingerprint density at radius 3 is 2.85 bits per heavy atom. The molecule has 1 aliphatic heterocycles. The number of rotatable bonds is 6. The van der Waals surface area contributed by atoms with Crippen LogP contribution in [0.4, 0.5) is 0 Å². The Hall–Kier alpha value is -1.10. The summed E-state index contributed by atoms with van der Waals surface area (Å²) in [6.45, 7) is 3.84. The van der Waals surface area contributed by atoms with Crippen molar-refractivity contribution in [1.29, 1.82) is 0 Å². The lowest BCUT2D eigenvalue weighted by Crippen LogP contribution is -2.36. The molecule has 0 saturated carbocycles. The van der Waals surface area contributed by atoms with Crippen molar-refractivity contribution in [3.63, 3.8) is 0 Å². The lowest BCUT2D eigenvalue weighted by molar-refractivity contribution is 0.215. The van der Waals surface area contributed by atoms with Crippen LogP contribution in [0.1, 0.15) is 24.0 Å². The Balaban J connectivity index is 1.95. The Morgan fingerprint density at radius 2 is 2.25 bits per heavy atom. The molecule has 0 bridgehead atoms. The molecule has 2 N–H and O–H groups in total. The minimum atomic E-state index is 0.520. The summed E-state index contributed by atoms with van der Waals surface area (Å²) in [6, 6.07) is 7.01. The zero-order valence-electron chi connectivity index (χ0n) is 12.9. The third-order valence-corrected chi connectivity index (χ3v) is 4.21. The molecule has 1 unspecified atom stereocenters. The van der Waals surface area contributed by atoms with Crippen LogP contribution >= 0.6 is 0 Å². The first kappa shape index (κ1) is 15.3. The van der Waals surface area contributed by atoms with E-state index < -0.39 is 0 Å². The average Bonchev–Trinajstić information content (AvgIpc) is 2.84. The average molecular weight is 277 g/mol. The summed E-state index contributed by atoms with van der Waals surface area (Å²) < 4.78 is 5.32. The summed E-state index contributed by atoms with van der Waals surface area (Å²) in [7, 11) is 6.11. The van der Waals surface area contributed by atoms with E-state index in [-0.39, 0.29) is 0 Å². The van der Waals surface area contributed by atoms with E-state index in [0.29, 0.717) is 12.6 Å². The van der Waals surface area contributed by atoms with Gasteiger partial charge in [0.1, 0.15) is 5.75 Å². The van der Waals surface area contributed by atoms with E-state index in [9.17, 15) is 0 Å². The van der Waals surface area contributed by atoms with Crippen molar-refractivity contribution in [3.05, 3.63) is 29.3 Å². The number of likely N-dealkylation sites (tertiary alicyclic amines) is 1. The van der Waals surface area contributed by atoms with Crippen molar-refractivity contribution in [3.8, 4) is 5.75 Å². The van der Waals surface area contributed by atoms with Gasteiger partial charge in [0.25, 0.3) is 0 Å². The van der Waals surface area contributed by atoms with Crippen molar-refractivity contribution in [2.24, 2.45) is 5.73 Å². The summed E-state index contributed by atoms with van der Waals surface area (Å²) in [5.74, 6) is 0.884. The minimum Gasteiger partial charge on any atom is -0.496 e. The van der Waals surface area contributed by atoms with Gasteiger partial charge < -0.3 is 20.3 Å². The van der Waals surface area contributed by atoms with Gasteiger partial charge in [0.2, 0.25) is 0 Å². The molecule has 0 aromatic heterocycles. The zero-order valence-corrected chi connectivity index (χ0v) is 12.9. The highest BCUT2D eigenvalue weighted by atomic mass is 16.5. The smallest absolute Gasteiger partial charge is 0.123 e. The summed E-state index contributed by atoms with van der Waals surface area (Å²) >= 11 is 0. The van der Waals surface area contributed by atoms with Gasteiger partial charge in [0.05, 0.1) is 7.11 Å². The van der Waals surface area contributed by atoms with Gasteiger partial charge >= 0.3 is 0 Å². The number of nitrogens with two attached hydrogens (primary N) is 1. The topological polar surface area (TPSA) is 41.7 Å². The van der Waals surface area contributed by atoms with Gasteiger partial charge in [-0.15, -0.1) is 0 Å². The number of nitrogens with zero attached hydrogens (tertiary/aromatic N) is 2. The van der Waals surface area contributed by atoms with Crippen LogP contribution in [0.2, 0.25) is 0 Å². The van der Waals surface area contributed by atoms with Crippen LogP contribution in [0.5, 0.6) is 5.75 Å². The number of methoxy groups -OCH3 is 1. The Bertz CT molecular complexity index is 436. The number of ether oxygens (including phenoxy) is 1. The summed E-state index contributed by atoms with van der Waals surface area (Å²) in [5, 5.41) is 0. The second kappa shape index (κ2) is 7.07. The quantitative estimate of drug-likeness (QED) is 0.859. The van der Waals surface area contributed by atoms with Gasteiger partial charge in [-0.05, 0) is 51.2 Å². The van der Waals surface area contributed by atoms with Crippen molar-refractivity contribution < 1.29 is 4.74 Å². The lowest BCUT2D eigenvalue weighted by Gasteiger charge is -2.26. The highest BCUT2D eigenvalue weighted by molar-refractivity contribution is 5.37. The molecule has 1 aromatic rings. The predicted molar refractivity (Wildman–Crippen MR) is 82.9 cm³/mol. The van der Waals surface area contributed by atoms with E-state index in [2.05, 4.69) is 36.0 Å². The second-order valence-corrected chi connectivity index (χ2v) is 5.82. The van der Waals surface area contributed by atoms with E-state index >= 15 is 0 Å². The third kappa shape index (κ3) is 3.72. The maximum atomic E-state index is 5.78. The van der Waals surface area contributed by atoms with E-state index in [4.69, 9.17) is 10.5 Å². The van der Waals surface area contributed by atoms with Crippen molar-refractivity contribution >= 4 is 0 Å². The lowest BCUT2D eigenvalue weighted by atomic mass is 10.1. The summed E-state index contributed by atoms with van der Waals surface area (Å²) in [4.78, 5) is 4.87. The normalized spacial score (nSPS) is 19.8. The Kier molecular flexibility index (Phi) is 5.40. The van der Waals surface area contributed by atoms with Crippen LogP contribution in [-0.2, 0) is 13.1 Å². The molecule has 1 fully saturated rings. The minimum absolute atomic E-state index is 0.520. The first-order valence-electron chi connectivity index (χ1n) is 7.38. The fraction of sp³-hybridized carbons (Fsp3) is 0.625. The first-order valence-corrected chi connectivity index (χ1v) is 7.38. The highest BCUT2D eigenvalue weighted by Gasteiger charge is 2.21. The molecule has 0 radical (unpaired) electrons. The molecular weight excluding hydrogens is 250 g/mol. The van der Waals surface area contributed by atoms with Gasteiger partial charge in [0, 0.05) is 31.2 Å². The van der Waals surface area contributed by atoms with Crippen LogP contribution in [-0.4, -0.2) is 50.1 Å². The van der Waals surface area contributed by atoms with Crippen LogP contribution < -0.4 is 10.5 Å². The van der Waals surface area contributed by atoms with Crippen LogP contribution in [0.3, 0.4) is 0 Å². The molecule has 1 aliphatic rings. The first-order chi connectivity index (χ1) is 9.63. The maximum Gasteiger partial charge on any atom is 0.123 e. The van der Waals surface area contributed by atoms with Crippen molar-refractivity contribution in [2.75, 3.05) is 34.3 Å². The molecule has 0 aliphatic carbocycles. The van der Waals surface area contributed by atoms with E-state index in [0.717, 1.165) is 24.4 Å². The highest BCUT2D eigenvalue weighted by Crippen LogP contribution is 2.21. The van der Waals surface area contributed by atoms with E-state index in [1.54, 1.807) is 7.11 Å². The van der Waals surface area contributed by atoms with Gasteiger partial charge in [-0.2, -0.15) is 0 Å². The number of hydrogen-bond donors (Lipinski definition) is 1. The van der Waals surface area contributed by atoms with Gasteiger partial charge in [-0.1, -0.05) is 6.07 Å². The largest absolute Gasteiger partial charge is 0.496 e. The molecule has 112 valence electrons. The monoisotopic (exact) mass is 277 g/mol. The van der Waals surface area contributed by atoms with Crippen LogP contribution in [0.25, 0.3) is 0 Å². The van der Waals surface area contributed by atoms with Crippen LogP contribution in [0, 0.1) is 0 Å². The van der Waals surface area contributed by atoms with Crippen molar-refractivity contribution in [2.45, 2.75) is 32.0 Å². The molecule has 1 atom stereocenters. The fourth-order valence-electron chi connectivity index (χ4n) is 3.04. The zero-order chi connectivity index (χ0) is 14.5. The molecule has 1 heterocycles. The summed E-state index contributed by atoms with van der Waals surface area (Å²) in [5.41, 5.74) is 8.16. The molecule has 0 spiro atoms. The number of hydrogen-bond acceptors (Lipinski definition) is 4. The molecule has 1 saturated heterocycles. The van der Waals surface area contributed by atoms with Gasteiger partial charge in [-0.3, -0.25) is 0 Å². The molecule has 20 heavy (non-hydrogen) atoms. The predicted octanol–water partition coefficient (Wildman–Crippen LogP) is 1.68.